The second kappa shape index (κ2) is 4.85. The van der Waals surface area contributed by atoms with Gasteiger partial charge in [0.15, 0.2) is 17.2 Å². The molecular formula is C17H12N2O2. The van der Waals surface area contributed by atoms with Gasteiger partial charge in [-0.15, -0.1) is 0 Å². The van der Waals surface area contributed by atoms with Crippen molar-refractivity contribution < 1.29 is 9.15 Å². The van der Waals surface area contributed by atoms with Crippen LogP contribution in [0, 0.1) is 0 Å². The molecule has 0 amide bonds. The Labute approximate surface area is 121 Å². The highest BCUT2D eigenvalue weighted by Crippen LogP contribution is 2.32. The van der Waals surface area contributed by atoms with Crippen molar-refractivity contribution in [3.05, 3.63) is 72.1 Å². The van der Waals surface area contributed by atoms with Crippen LogP contribution in [-0.4, -0.2) is 4.98 Å². The van der Waals surface area contributed by atoms with Crippen LogP contribution in [0.5, 0.6) is 5.75 Å². The van der Waals surface area contributed by atoms with Gasteiger partial charge in [-0.2, -0.15) is 0 Å². The lowest BCUT2D eigenvalue weighted by molar-refractivity contribution is 0.458. The molecule has 1 aromatic heterocycles. The fourth-order valence-electron chi connectivity index (χ4n) is 2.22. The van der Waals surface area contributed by atoms with Crippen LogP contribution in [0.15, 0.2) is 70.6 Å². The monoisotopic (exact) mass is 276 g/mol. The van der Waals surface area contributed by atoms with Crippen LogP contribution in [0.1, 0.15) is 5.89 Å². The van der Waals surface area contributed by atoms with E-state index in [-0.39, 0.29) is 0 Å². The number of fused-ring (bicyclic) bond motifs is 2. The minimum Gasteiger partial charge on any atom is -0.440 e. The fraction of sp³-hybridized carbons (Fsp3) is 0.0588. The molecule has 0 atom stereocenters. The number of oxazole rings is 1. The number of anilines is 1. The van der Waals surface area contributed by atoms with Crippen LogP contribution in [0.4, 0.5) is 5.69 Å². The Hall–Kier alpha value is -2.97. The Bertz CT molecular complexity index is 813. The number of nitrogens with zero attached hydrogens (tertiary/aromatic N) is 1. The van der Waals surface area contributed by atoms with Crippen LogP contribution in [0.3, 0.4) is 0 Å². The molecule has 3 aromatic rings. The zero-order valence-corrected chi connectivity index (χ0v) is 11.2. The number of hydrogen-bond acceptors (Lipinski definition) is 4. The molecule has 1 N–H and O–H groups in total. The molecular weight excluding hydrogens is 264 g/mol. The summed E-state index contributed by atoms with van der Waals surface area (Å²) in [7, 11) is 0. The lowest BCUT2D eigenvalue weighted by atomic mass is 10.3. The van der Waals surface area contributed by atoms with Crippen molar-refractivity contribution in [1.82, 2.24) is 4.98 Å². The van der Waals surface area contributed by atoms with E-state index in [0.29, 0.717) is 18.2 Å². The number of para-hydroxylation sites is 4. The molecule has 4 rings (SSSR count). The van der Waals surface area contributed by atoms with E-state index in [1.807, 2.05) is 54.6 Å². The first kappa shape index (κ1) is 11.8. The van der Waals surface area contributed by atoms with Crippen molar-refractivity contribution >= 4 is 16.8 Å². The maximum Gasteiger partial charge on any atom is 0.243 e. The summed E-state index contributed by atoms with van der Waals surface area (Å²) in [5.41, 5.74) is 5.71. The van der Waals surface area contributed by atoms with Crippen molar-refractivity contribution in [3.63, 3.8) is 0 Å². The van der Waals surface area contributed by atoms with E-state index in [1.165, 1.54) is 0 Å². The van der Waals surface area contributed by atoms with E-state index in [1.54, 1.807) is 0 Å². The molecule has 21 heavy (non-hydrogen) atoms. The van der Waals surface area contributed by atoms with Crippen LogP contribution in [0.25, 0.3) is 11.1 Å². The molecule has 2 heterocycles. The molecule has 4 nitrogen and oxygen atoms in total. The van der Waals surface area contributed by atoms with Crippen molar-refractivity contribution in [2.45, 2.75) is 6.42 Å². The minimum atomic E-state index is 0.569. The van der Waals surface area contributed by atoms with Gasteiger partial charge in [0.25, 0.3) is 0 Å². The summed E-state index contributed by atoms with van der Waals surface area (Å²) >= 11 is 0. The van der Waals surface area contributed by atoms with Crippen LogP contribution < -0.4 is 10.1 Å². The molecule has 0 radical (unpaired) electrons. The zero-order valence-electron chi connectivity index (χ0n) is 11.2. The number of aromatic nitrogens is 1. The fourth-order valence-corrected chi connectivity index (χ4v) is 2.22. The first-order chi connectivity index (χ1) is 10.4. The van der Waals surface area contributed by atoms with Gasteiger partial charge >= 0.3 is 0 Å². The Kier molecular flexibility index (Phi) is 2.73. The SMILES string of the molecule is C(=CCc1nc2ccccc2o1)=C1Nc2ccccc2O1. The predicted octanol–water partition coefficient (Wildman–Crippen LogP) is 3.87. The molecule has 0 unspecified atom stereocenters. The molecule has 1 aliphatic heterocycles. The maximum atomic E-state index is 5.64. The number of benzene rings is 2. The van der Waals surface area contributed by atoms with Crippen LogP contribution in [-0.2, 0) is 6.42 Å². The zero-order chi connectivity index (χ0) is 14.1. The van der Waals surface area contributed by atoms with E-state index in [0.717, 1.165) is 22.5 Å². The number of ether oxygens (including phenoxy) is 1. The quantitative estimate of drug-likeness (QED) is 0.722. The third kappa shape index (κ3) is 2.29. The highest BCUT2D eigenvalue weighted by molar-refractivity contribution is 5.72. The Balaban J connectivity index is 1.53. The summed E-state index contributed by atoms with van der Waals surface area (Å²) in [6, 6.07) is 15.5. The van der Waals surface area contributed by atoms with Gasteiger partial charge in [-0.3, -0.25) is 0 Å². The van der Waals surface area contributed by atoms with Gasteiger partial charge in [-0.05, 0) is 30.3 Å². The van der Waals surface area contributed by atoms with Crippen molar-refractivity contribution in [3.8, 4) is 5.75 Å². The summed E-state index contributed by atoms with van der Waals surface area (Å²) < 4.78 is 11.3. The predicted molar refractivity (Wildman–Crippen MR) is 80.0 cm³/mol. The summed E-state index contributed by atoms with van der Waals surface area (Å²) in [6.07, 6.45) is 2.42. The van der Waals surface area contributed by atoms with E-state index >= 15 is 0 Å². The smallest absolute Gasteiger partial charge is 0.243 e. The molecule has 0 bridgehead atoms. The Morgan fingerprint density at radius 3 is 2.86 bits per heavy atom. The molecule has 102 valence electrons. The number of nitrogens with one attached hydrogen (secondary N) is 1. The second-order valence-electron chi connectivity index (χ2n) is 4.68. The van der Waals surface area contributed by atoms with Gasteiger partial charge in [-0.25, -0.2) is 4.98 Å². The highest BCUT2D eigenvalue weighted by Gasteiger charge is 2.14. The van der Waals surface area contributed by atoms with Crippen LogP contribution in [0.2, 0.25) is 0 Å². The van der Waals surface area contributed by atoms with E-state index in [2.05, 4.69) is 16.0 Å². The highest BCUT2D eigenvalue weighted by atomic mass is 16.5. The number of hydrogen-bond donors (Lipinski definition) is 1. The van der Waals surface area contributed by atoms with Crippen molar-refractivity contribution in [1.29, 1.82) is 0 Å². The molecule has 4 heteroatoms. The Morgan fingerprint density at radius 2 is 1.95 bits per heavy atom. The topological polar surface area (TPSA) is 47.3 Å². The van der Waals surface area contributed by atoms with Gasteiger partial charge in [0, 0.05) is 0 Å². The van der Waals surface area contributed by atoms with Crippen LogP contribution >= 0.6 is 0 Å². The van der Waals surface area contributed by atoms with Gasteiger partial charge in [0.1, 0.15) is 5.52 Å². The number of rotatable bonds is 2. The largest absolute Gasteiger partial charge is 0.440 e. The van der Waals surface area contributed by atoms with Crippen molar-refractivity contribution in [2.75, 3.05) is 5.32 Å². The van der Waals surface area contributed by atoms with Gasteiger partial charge in [0.05, 0.1) is 12.1 Å². The Morgan fingerprint density at radius 1 is 1.10 bits per heavy atom. The third-order valence-electron chi connectivity index (χ3n) is 3.20. The first-order valence-electron chi connectivity index (χ1n) is 6.72. The van der Waals surface area contributed by atoms with Gasteiger partial charge < -0.3 is 14.5 Å². The standard InChI is InChI=1S/C17H12N2O2/c1-3-8-14-12(6-1)18-16(20-14)10-5-11-17-19-13-7-2-4-9-15(13)21-17/h1-9,19H,10H2. The summed E-state index contributed by atoms with van der Waals surface area (Å²) in [5.74, 6) is 2.07. The van der Waals surface area contributed by atoms with Gasteiger partial charge in [0.2, 0.25) is 5.88 Å². The molecule has 0 saturated carbocycles. The maximum absolute atomic E-state index is 5.64. The average molecular weight is 276 g/mol. The lowest BCUT2D eigenvalue weighted by Crippen LogP contribution is -1.94. The van der Waals surface area contributed by atoms with E-state index in [4.69, 9.17) is 9.15 Å². The average Bonchev–Trinajstić information content (AvgIpc) is 3.09. The normalized spacial score (nSPS) is 12.5. The number of allylic oxidation sites excluding steroid dienone is 1. The second-order valence-corrected chi connectivity index (χ2v) is 4.68. The summed E-state index contributed by atoms with van der Waals surface area (Å²) in [6.45, 7) is 0. The molecule has 0 spiro atoms. The minimum absolute atomic E-state index is 0.569. The van der Waals surface area contributed by atoms with Gasteiger partial charge in [-0.1, -0.05) is 30.0 Å². The van der Waals surface area contributed by atoms with Crippen molar-refractivity contribution in [2.24, 2.45) is 0 Å². The van der Waals surface area contributed by atoms with E-state index < -0.39 is 0 Å². The molecule has 1 aliphatic rings. The lowest BCUT2D eigenvalue weighted by Gasteiger charge is -1.92. The third-order valence-corrected chi connectivity index (χ3v) is 3.20. The molecule has 0 aliphatic carbocycles. The first-order valence-corrected chi connectivity index (χ1v) is 6.72. The summed E-state index contributed by atoms with van der Waals surface area (Å²) in [5, 5.41) is 3.15. The molecule has 2 aromatic carbocycles. The molecule has 0 fully saturated rings. The summed E-state index contributed by atoms with van der Waals surface area (Å²) in [4.78, 5) is 4.41. The molecule has 0 saturated heterocycles. The van der Waals surface area contributed by atoms with E-state index in [9.17, 15) is 0 Å².